The molecule has 0 aliphatic carbocycles. The largest absolute Gasteiger partial charge is 0.347 e. The zero-order valence-corrected chi connectivity index (χ0v) is 11.9. The summed E-state index contributed by atoms with van der Waals surface area (Å²) in [6.45, 7) is 2.28. The van der Waals surface area contributed by atoms with Gasteiger partial charge in [-0.1, -0.05) is 0 Å². The number of aromatic nitrogens is 2. The van der Waals surface area contributed by atoms with E-state index in [-0.39, 0.29) is 11.9 Å². The number of rotatable bonds is 1. The van der Waals surface area contributed by atoms with Gasteiger partial charge in [0.1, 0.15) is 0 Å². The number of thiophene rings is 1. The van der Waals surface area contributed by atoms with Gasteiger partial charge in [0.15, 0.2) is 0 Å². The number of fused-ring (bicyclic) bond motifs is 2. The predicted octanol–water partition coefficient (Wildman–Crippen LogP) is 1.07. The summed E-state index contributed by atoms with van der Waals surface area (Å²) in [5.41, 5.74) is 3.44. The Morgan fingerprint density at radius 3 is 3.40 bits per heavy atom. The fraction of sp³-hybridized carbons (Fsp3) is 0.429. The normalized spacial score (nSPS) is 21.4. The lowest BCUT2D eigenvalue weighted by atomic mass is 10.0. The lowest BCUT2D eigenvalue weighted by Crippen LogP contribution is -2.50. The van der Waals surface area contributed by atoms with Gasteiger partial charge in [0.05, 0.1) is 23.8 Å². The number of nitrogens with zero attached hydrogens (tertiary/aromatic N) is 2. The fourth-order valence-electron chi connectivity index (χ4n) is 3.00. The predicted molar refractivity (Wildman–Crippen MR) is 76.4 cm³/mol. The smallest absolute Gasteiger partial charge is 0.240 e. The fourth-order valence-corrected chi connectivity index (χ4v) is 3.89. The van der Waals surface area contributed by atoms with Gasteiger partial charge in [-0.05, 0) is 23.4 Å². The first-order chi connectivity index (χ1) is 9.81. The minimum absolute atomic E-state index is 0.133. The molecule has 0 fully saturated rings. The van der Waals surface area contributed by atoms with Gasteiger partial charge in [0.25, 0.3) is 0 Å². The average molecular weight is 288 g/mol. The van der Waals surface area contributed by atoms with Crippen molar-refractivity contribution in [2.45, 2.75) is 32.0 Å². The van der Waals surface area contributed by atoms with E-state index in [1.807, 2.05) is 4.90 Å². The Morgan fingerprint density at radius 1 is 1.50 bits per heavy atom. The molecular formula is C14H16N4OS. The number of aromatic amines is 1. The summed E-state index contributed by atoms with van der Waals surface area (Å²) in [7, 11) is 0. The van der Waals surface area contributed by atoms with Crippen LogP contribution in [0.1, 0.15) is 21.8 Å². The first-order valence-corrected chi connectivity index (χ1v) is 7.78. The highest BCUT2D eigenvalue weighted by Crippen LogP contribution is 2.25. The van der Waals surface area contributed by atoms with Crippen LogP contribution in [-0.2, 0) is 30.7 Å². The van der Waals surface area contributed by atoms with E-state index in [1.54, 1.807) is 17.7 Å². The Bertz CT molecular complexity index is 593. The Labute approximate surface area is 121 Å². The third kappa shape index (κ3) is 1.96. The lowest BCUT2D eigenvalue weighted by Gasteiger charge is -2.32. The molecule has 6 heteroatoms. The second kappa shape index (κ2) is 4.71. The van der Waals surface area contributed by atoms with Crippen LogP contribution >= 0.6 is 11.3 Å². The standard InChI is InChI=1S/C14H16N4OS/c19-14(11-5-10-12(6-15-11)17-8-16-10)18-3-1-13-9(7-18)2-4-20-13/h2,4,8,11,15H,1,3,5-7H2,(H,16,17). The molecule has 1 amide bonds. The van der Waals surface area contributed by atoms with Crippen LogP contribution in [0.4, 0.5) is 0 Å². The van der Waals surface area contributed by atoms with Crippen molar-refractivity contribution < 1.29 is 4.79 Å². The molecule has 0 aromatic carbocycles. The first-order valence-electron chi connectivity index (χ1n) is 6.90. The van der Waals surface area contributed by atoms with Crippen LogP contribution in [-0.4, -0.2) is 33.4 Å². The lowest BCUT2D eigenvalue weighted by molar-refractivity contribution is -0.134. The van der Waals surface area contributed by atoms with Crippen LogP contribution in [0.25, 0.3) is 0 Å². The van der Waals surface area contributed by atoms with Crippen molar-refractivity contribution in [3.05, 3.63) is 39.6 Å². The number of carbonyl (C=O) groups excluding carboxylic acids is 1. The maximum Gasteiger partial charge on any atom is 0.240 e. The molecule has 0 saturated heterocycles. The second-order valence-corrected chi connectivity index (χ2v) is 6.34. The Kier molecular flexibility index (Phi) is 2.85. The van der Waals surface area contributed by atoms with Crippen LogP contribution in [0.15, 0.2) is 17.8 Å². The molecule has 4 heterocycles. The van der Waals surface area contributed by atoms with Gasteiger partial charge in [-0.15, -0.1) is 11.3 Å². The highest BCUT2D eigenvalue weighted by Gasteiger charge is 2.31. The van der Waals surface area contributed by atoms with Crippen LogP contribution in [0.2, 0.25) is 0 Å². The van der Waals surface area contributed by atoms with Crippen molar-refractivity contribution in [1.29, 1.82) is 0 Å². The topological polar surface area (TPSA) is 61.0 Å². The maximum atomic E-state index is 12.6. The van der Waals surface area contributed by atoms with E-state index in [0.29, 0.717) is 13.0 Å². The molecule has 0 saturated carbocycles. The van der Waals surface area contributed by atoms with E-state index in [9.17, 15) is 4.79 Å². The van der Waals surface area contributed by atoms with Crippen LogP contribution in [0, 0.1) is 0 Å². The SMILES string of the molecule is O=C(C1Cc2nc[nH]c2CN1)N1CCc2sccc2C1. The molecule has 0 spiro atoms. The summed E-state index contributed by atoms with van der Waals surface area (Å²) in [6.07, 6.45) is 3.38. The van der Waals surface area contributed by atoms with Gasteiger partial charge in [-0.25, -0.2) is 4.98 Å². The summed E-state index contributed by atoms with van der Waals surface area (Å²) in [6, 6.07) is 2.01. The second-order valence-electron chi connectivity index (χ2n) is 5.34. The van der Waals surface area contributed by atoms with Crippen molar-refractivity contribution in [3.63, 3.8) is 0 Å². The Hall–Kier alpha value is -1.66. The van der Waals surface area contributed by atoms with E-state index < -0.39 is 0 Å². The number of nitrogens with one attached hydrogen (secondary N) is 2. The van der Waals surface area contributed by atoms with Gasteiger partial charge in [-0.3, -0.25) is 10.1 Å². The molecule has 1 atom stereocenters. The van der Waals surface area contributed by atoms with Crippen LogP contribution < -0.4 is 5.32 Å². The molecule has 2 N–H and O–H groups in total. The molecule has 2 aromatic heterocycles. The maximum absolute atomic E-state index is 12.6. The number of hydrogen-bond acceptors (Lipinski definition) is 4. The minimum atomic E-state index is -0.133. The first kappa shape index (κ1) is 12.1. The summed E-state index contributed by atoms with van der Waals surface area (Å²) in [4.78, 5) is 23.5. The van der Waals surface area contributed by atoms with Crippen molar-refractivity contribution in [2.24, 2.45) is 0 Å². The monoisotopic (exact) mass is 288 g/mol. The quantitative estimate of drug-likeness (QED) is 0.825. The molecule has 104 valence electrons. The number of imidazole rings is 1. The molecular weight excluding hydrogens is 272 g/mol. The molecule has 2 aliphatic heterocycles. The van der Waals surface area contributed by atoms with E-state index in [2.05, 4.69) is 26.7 Å². The zero-order chi connectivity index (χ0) is 13.5. The number of H-pyrrole nitrogens is 1. The number of carbonyl (C=O) groups is 1. The molecule has 20 heavy (non-hydrogen) atoms. The van der Waals surface area contributed by atoms with Gasteiger partial charge >= 0.3 is 0 Å². The molecule has 4 rings (SSSR count). The van der Waals surface area contributed by atoms with E-state index >= 15 is 0 Å². The molecule has 0 bridgehead atoms. The zero-order valence-electron chi connectivity index (χ0n) is 11.1. The van der Waals surface area contributed by atoms with Crippen molar-refractivity contribution >= 4 is 17.2 Å². The average Bonchev–Trinajstić information content (AvgIpc) is 3.13. The van der Waals surface area contributed by atoms with Gasteiger partial charge in [-0.2, -0.15) is 0 Å². The van der Waals surface area contributed by atoms with Gasteiger partial charge in [0.2, 0.25) is 5.91 Å². The van der Waals surface area contributed by atoms with E-state index in [4.69, 9.17) is 0 Å². The van der Waals surface area contributed by atoms with Gasteiger partial charge in [0, 0.05) is 30.9 Å². The summed E-state index contributed by atoms with van der Waals surface area (Å²) in [5.74, 6) is 0.204. The Morgan fingerprint density at radius 2 is 2.45 bits per heavy atom. The highest BCUT2D eigenvalue weighted by atomic mass is 32.1. The van der Waals surface area contributed by atoms with Crippen molar-refractivity contribution in [1.82, 2.24) is 20.2 Å². The molecule has 2 aromatic rings. The van der Waals surface area contributed by atoms with Crippen molar-refractivity contribution in [2.75, 3.05) is 6.54 Å². The third-order valence-corrected chi connectivity index (χ3v) is 5.17. The molecule has 5 nitrogen and oxygen atoms in total. The minimum Gasteiger partial charge on any atom is -0.347 e. The van der Waals surface area contributed by atoms with Crippen molar-refractivity contribution in [3.8, 4) is 0 Å². The third-order valence-electron chi connectivity index (χ3n) is 4.15. The van der Waals surface area contributed by atoms with Crippen LogP contribution in [0.5, 0.6) is 0 Å². The van der Waals surface area contributed by atoms with Crippen LogP contribution in [0.3, 0.4) is 0 Å². The highest BCUT2D eigenvalue weighted by molar-refractivity contribution is 7.10. The summed E-state index contributed by atoms with van der Waals surface area (Å²) >= 11 is 1.80. The molecule has 2 aliphatic rings. The number of amides is 1. The van der Waals surface area contributed by atoms with Gasteiger partial charge < -0.3 is 9.88 Å². The summed E-state index contributed by atoms with van der Waals surface area (Å²) < 4.78 is 0. The molecule has 0 radical (unpaired) electrons. The summed E-state index contributed by atoms with van der Waals surface area (Å²) in [5, 5.41) is 5.43. The van der Waals surface area contributed by atoms with E-state index in [0.717, 1.165) is 30.9 Å². The Balaban J connectivity index is 1.49. The van der Waals surface area contributed by atoms with E-state index in [1.165, 1.54) is 10.4 Å². The molecule has 1 unspecified atom stereocenters. The number of hydrogen-bond donors (Lipinski definition) is 2.